The number of aromatic nitrogens is 3. The molecule has 1 aromatic heterocycles. The molecule has 1 aliphatic heterocycles. The summed E-state index contributed by atoms with van der Waals surface area (Å²) in [6, 6.07) is 6.00. The van der Waals surface area contributed by atoms with Crippen molar-refractivity contribution in [1.29, 1.82) is 0 Å². The standard InChI is InChI=1S/C20H27N5O2/c1-13(2)25(19-14(3)6-5-7-15(19)4)18(26)10-21-20(27)16-8-9-17-23-22-12-24(17)11-16/h5-7,12-13,16H,8-11H2,1-4H3,(H,21,27). The molecule has 0 radical (unpaired) electrons. The van der Waals surface area contributed by atoms with Crippen LogP contribution in [0.1, 0.15) is 37.2 Å². The van der Waals surface area contributed by atoms with E-state index in [1.54, 1.807) is 11.2 Å². The third kappa shape index (κ3) is 4.02. The first-order chi connectivity index (χ1) is 12.9. The minimum Gasteiger partial charge on any atom is -0.347 e. The number of benzene rings is 1. The van der Waals surface area contributed by atoms with Crippen LogP contribution in [0.25, 0.3) is 0 Å². The number of rotatable bonds is 5. The fourth-order valence-electron chi connectivity index (χ4n) is 3.72. The van der Waals surface area contributed by atoms with E-state index in [-0.39, 0.29) is 30.3 Å². The average Bonchev–Trinajstić information content (AvgIpc) is 3.10. The molecule has 7 heteroatoms. The molecule has 1 atom stereocenters. The first-order valence-electron chi connectivity index (χ1n) is 9.41. The number of carbonyl (C=O) groups is 2. The van der Waals surface area contributed by atoms with Crippen LogP contribution in [-0.4, -0.2) is 39.2 Å². The van der Waals surface area contributed by atoms with Crippen molar-refractivity contribution in [3.05, 3.63) is 41.5 Å². The first kappa shape index (κ1) is 19.1. The molecule has 1 N–H and O–H groups in total. The number of para-hydroxylation sites is 1. The number of carbonyl (C=O) groups excluding carboxylic acids is 2. The van der Waals surface area contributed by atoms with Gasteiger partial charge in [-0.2, -0.15) is 0 Å². The van der Waals surface area contributed by atoms with Crippen LogP contribution in [0.4, 0.5) is 5.69 Å². The lowest BCUT2D eigenvalue weighted by Gasteiger charge is -2.30. The van der Waals surface area contributed by atoms with Gasteiger partial charge in [0.25, 0.3) is 0 Å². The highest BCUT2D eigenvalue weighted by Gasteiger charge is 2.27. The molecule has 144 valence electrons. The smallest absolute Gasteiger partial charge is 0.246 e. The van der Waals surface area contributed by atoms with Crippen molar-refractivity contribution >= 4 is 17.5 Å². The zero-order valence-electron chi connectivity index (χ0n) is 16.4. The monoisotopic (exact) mass is 369 g/mol. The second-order valence-corrected chi connectivity index (χ2v) is 7.45. The minimum atomic E-state index is -0.158. The maximum Gasteiger partial charge on any atom is 0.246 e. The zero-order chi connectivity index (χ0) is 19.6. The molecule has 0 bridgehead atoms. The molecule has 1 unspecified atom stereocenters. The molecule has 3 rings (SSSR count). The molecule has 7 nitrogen and oxygen atoms in total. The highest BCUT2D eigenvalue weighted by atomic mass is 16.2. The fourth-order valence-corrected chi connectivity index (χ4v) is 3.72. The third-order valence-corrected chi connectivity index (χ3v) is 5.08. The predicted molar refractivity (Wildman–Crippen MR) is 103 cm³/mol. The molecule has 1 aliphatic rings. The SMILES string of the molecule is Cc1cccc(C)c1N(C(=O)CNC(=O)C1CCc2nncn2C1)C(C)C. The Morgan fingerprint density at radius 2 is 2.00 bits per heavy atom. The van der Waals surface area contributed by atoms with Crippen molar-refractivity contribution in [2.75, 3.05) is 11.4 Å². The quantitative estimate of drug-likeness (QED) is 0.874. The fraction of sp³-hybridized carbons (Fsp3) is 0.500. The lowest BCUT2D eigenvalue weighted by molar-refractivity contribution is -0.128. The van der Waals surface area contributed by atoms with Gasteiger partial charge < -0.3 is 14.8 Å². The largest absolute Gasteiger partial charge is 0.347 e. The van der Waals surface area contributed by atoms with Crippen molar-refractivity contribution in [3.63, 3.8) is 0 Å². The van der Waals surface area contributed by atoms with E-state index in [0.717, 1.165) is 35.5 Å². The third-order valence-electron chi connectivity index (χ3n) is 5.08. The summed E-state index contributed by atoms with van der Waals surface area (Å²) in [5.74, 6) is 0.564. The Kier molecular flexibility index (Phi) is 5.58. The van der Waals surface area contributed by atoms with Crippen LogP contribution in [0.15, 0.2) is 24.5 Å². The van der Waals surface area contributed by atoms with E-state index in [0.29, 0.717) is 6.54 Å². The van der Waals surface area contributed by atoms with E-state index in [1.165, 1.54) is 0 Å². The van der Waals surface area contributed by atoms with Crippen LogP contribution in [-0.2, 0) is 22.6 Å². The van der Waals surface area contributed by atoms with Crippen molar-refractivity contribution in [2.24, 2.45) is 5.92 Å². The van der Waals surface area contributed by atoms with Gasteiger partial charge in [0.2, 0.25) is 11.8 Å². The van der Waals surface area contributed by atoms with Gasteiger partial charge in [-0.15, -0.1) is 10.2 Å². The number of nitrogens with one attached hydrogen (secondary N) is 1. The van der Waals surface area contributed by atoms with Gasteiger partial charge in [0, 0.05) is 24.7 Å². The van der Waals surface area contributed by atoms with E-state index in [1.807, 2.05) is 50.5 Å². The van der Waals surface area contributed by atoms with Gasteiger partial charge in [0.1, 0.15) is 12.2 Å². The second-order valence-electron chi connectivity index (χ2n) is 7.45. The lowest BCUT2D eigenvalue weighted by atomic mass is 9.98. The number of hydrogen-bond acceptors (Lipinski definition) is 4. The Morgan fingerprint density at radius 3 is 2.67 bits per heavy atom. The summed E-state index contributed by atoms with van der Waals surface area (Å²) in [4.78, 5) is 27.3. The number of nitrogens with zero attached hydrogens (tertiary/aromatic N) is 4. The summed E-state index contributed by atoms with van der Waals surface area (Å²) in [6.45, 7) is 8.54. The normalized spacial score (nSPS) is 16.1. The number of fused-ring (bicyclic) bond motifs is 1. The molecule has 0 saturated carbocycles. The van der Waals surface area contributed by atoms with Gasteiger partial charge in [-0.05, 0) is 45.2 Å². The van der Waals surface area contributed by atoms with E-state index in [4.69, 9.17) is 0 Å². The predicted octanol–water partition coefficient (Wildman–Crippen LogP) is 2.02. The Balaban J connectivity index is 1.66. The summed E-state index contributed by atoms with van der Waals surface area (Å²) >= 11 is 0. The lowest BCUT2D eigenvalue weighted by Crippen LogP contribution is -2.46. The molecular formula is C20H27N5O2. The first-order valence-corrected chi connectivity index (χ1v) is 9.41. The topological polar surface area (TPSA) is 80.1 Å². The number of anilines is 1. The highest BCUT2D eigenvalue weighted by molar-refractivity contribution is 5.98. The summed E-state index contributed by atoms with van der Waals surface area (Å²) in [5.41, 5.74) is 3.03. The number of hydrogen-bond donors (Lipinski definition) is 1. The Labute approximate surface area is 159 Å². The van der Waals surface area contributed by atoms with Gasteiger partial charge >= 0.3 is 0 Å². The minimum absolute atomic E-state index is 0.00321. The zero-order valence-corrected chi connectivity index (χ0v) is 16.4. The van der Waals surface area contributed by atoms with Crippen molar-refractivity contribution in [1.82, 2.24) is 20.1 Å². The van der Waals surface area contributed by atoms with E-state index < -0.39 is 0 Å². The Bertz CT molecular complexity index is 822. The molecule has 0 fully saturated rings. The van der Waals surface area contributed by atoms with Crippen LogP contribution >= 0.6 is 0 Å². The summed E-state index contributed by atoms with van der Waals surface area (Å²) in [5, 5.41) is 10.8. The summed E-state index contributed by atoms with van der Waals surface area (Å²) in [6.07, 6.45) is 3.11. The molecule has 2 aromatic rings. The van der Waals surface area contributed by atoms with E-state index in [2.05, 4.69) is 15.5 Å². The second kappa shape index (κ2) is 7.90. The van der Waals surface area contributed by atoms with Gasteiger partial charge in [-0.1, -0.05) is 18.2 Å². The van der Waals surface area contributed by atoms with E-state index in [9.17, 15) is 9.59 Å². The molecule has 0 aliphatic carbocycles. The van der Waals surface area contributed by atoms with Gasteiger partial charge in [-0.3, -0.25) is 9.59 Å². The molecule has 27 heavy (non-hydrogen) atoms. The molecule has 0 spiro atoms. The van der Waals surface area contributed by atoms with Crippen LogP contribution < -0.4 is 10.2 Å². The van der Waals surface area contributed by atoms with Gasteiger partial charge in [-0.25, -0.2) is 0 Å². The Morgan fingerprint density at radius 1 is 1.30 bits per heavy atom. The molecular weight excluding hydrogens is 342 g/mol. The number of aryl methyl sites for hydroxylation is 3. The highest BCUT2D eigenvalue weighted by Crippen LogP contribution is 2.26. The van der Waals surface area contributed by atoms with E-state index >= 15 is 0 Å². The Hall–Kier alpha value is -2.70. The van der Waals surface area contributed by atoms with Crippen molar-refractivity contribution < 1.29 is 9.59 Å². The molecule has 1 aromatic carbocycles. The summed E-state index contributed by atoms with van der Waals surface area (Å²) in [7, 11) is 0. The maximum atomic E-state index is 12.9. The van der Waals surface area contributed by atoms with Crippen LogP contribution in [0.3, 0.4) is 0 Å². The number of amides is 2. The van der Waals surface area contributed by atoms with Crippen LogP contribution in [0.5, 0.6) is 0 Å². The van der Waals surface area contributed by atoms with Crippen LogP contribution in [0.2, 0.25) is 0 Å². The molecule has 2 amide bonds. The van der Waals surface area contributed by atoms with Gasteiger partial charge in [0.05, 0.1) is 12.5 Å². The van der Waals surface area contributed by atoms with Gasteiger partial charge in [0.15, 0.2) is 0 Å². The van der Waals surface area contributed by atoms with Crippen LogP contribution in [0, 0.1) is 19.8 Å². The molecule has 0 saturated heterocycles. The van der Waals surface area contributed by atoms with Crippen molar-refractivity contribution in [3.8, 4) is 0 Å². The molecule has 2 heterocycles. The average molecular weight is 369 g/mol. The summed E-state index contributed by atoms with van der Waals surface area (Å²) < 4.78 is 1.91. The van der Waals surface area contributed by atoms with Crippen molar-refractivity contribution in [2.45, 2.75) is 53.1 Å². The maximum absolute atomic E-state index is 12.9.